The van der Waals surface area contributed by atoms with Crippen LogP contribution in [0.4, 0.5) is 0 Å². The number of aliphatic imine (C=N–C) groups is 1. The number of hydrogen-bond acceptors (Lipinski definition) is 2. The van der Waals surface area contributed by atoms with Crippen LogP contribution in [-0.4, -0.2) is 24.0 Å². The van der Waals surface area contributed by atoms with Crippen LogP contribution in [0.1, 0.15) is 32.0 Å². The molecular weight excluding hydrogens is 351 g/mol. The lowest BCUT2D eigenvalue weighted by atomic mass is 10.1. The Hall–Kier alpha value is -0.850. The average Bonchev–Trinajstić information content (AvgIpc) is 2.35. The summed E-state index contributed by atoms with van der Waals surface area (Å²) in [5.74, 6) is 1.39. The fourth-order valence-corrected chi connectivity index (χ4v) is 1.45. The molecule has 0 saturated heterocycles. The number of rotatable bonds is 4. The van der Waals surface area contributed by atoms with Crippen molar-refractivity contribution in [3.8, 4) is 0 Å². The van der Waals surface area contributed by atoms with E-state index in [9.17, 15) is 0 Å². The number of hydrogen-bond donors (Lipinski definition) is 2. The zero-order valence-corrected chi connectivity index (χ0v) is 14.7. The summed E-state index contributed by atoms with van der Waals surface area (Å²) in [7, 11) is 1.79. The van der Waals surface area contributed by atoms with Crippen molar-refractivity contribution in [3.05, 3.63) is 29.6 Å². The van der Waals surface area contributed by atoms with Crippen molar-refractivity contribution in [2.75, 3.05) is 7.05 Å². The number of pyridine rings is 1. The largest absolute Gasteiger partial charge is 0.354 e. The molecule has 0 aromatic carbocycles. The zero-order valence-electron chi connectivity index (χ0n) is 12.4. The minimum Gasteiger partial charge on any atom is -0.354 e. The summed E-state index contributed by atoms with van der Waals surface area (Å²) in [6.45, 7) is 9.29. The number of guanidine groups is 1. The first-order chi connectivity index (χ1) is 8.54. The van der Waals surface area contributed by atoms with E-state index >= 15 is 0 Å². The highest BCUT2D eigenvalue weighted by molar-refractivity contribution is 14.0. The quantitative estimate of drug-likeness (QED) is 0.483. The van der Waals surface area contributed by atoms with Crippen LogP contribution in [-0.2, 0) is 6.54 Å². The standard InChI is InChI=1S/C14H24N4.HI/c1-10(2)12(4)18-14(15-5)17-9-13-11(3)7-6-8-16-13;/h6-8,10,12H,9H2,1-5H3,(H2,15,17,18);1H. The van der Waals surface area contributed by atoms with Gasteiger partial charge in [-0.15, -0.1) is 24.0 Å². The molecule has 1 atom stereocenters. The molecule has 4 nitrogen and oxygen atoms in total. The lowest BCUT2D eigenvalue weighted by Crippen LogP contribution is -2.44. The molecule has 1 aromatic heterocycles. The molecule has 0 radical (unpaired) electrons. The maximum absolute atomic E-state index is 4.35. The second kappa shape index (κ2) is 9.12. The molecule has 0 aliphatic heterocycles. The van der Waals surface area contributed by atoms with E-state index in [1.165, 1.54) is 5.56 Å². The van der Waals surface area contributed by atoms with Crippen LogP contribution < -0.4 is 10.6 Å². The van der Waals surface area contributed by atoms with Crippen LogP contribution in [0.2, 0.25) is 0 Å². The van der Waals surface area contributed by atoms with E-state index in [2.05, 4.69) is 54.4 Å². The summed E-state index contributed by atoms with van der Waals surface area (Å²) in [5, 5.41) is 6.66. The number of aromatic nitrogens is 1. The Morgan fingerprint density at radius 3 is 2.58 bits per heavy atom. The van der Waals surface area contributed by atoms with Gasteiger partial charge in [0, 0.05) is 19.3 Å². The Morgan fingerprint density at radius 1 is 1.37 bits per heavy atom. The molecule has 5 heteroatoms. The molecule has 1 aromatic rings. The van der Waals surface area contributed by atoms with Gasteiger partial charge in [-0.1, -0.05) is 19.9 Å². The lowest BCUT2D eigenvalue weighted by Gasteiger charge is -2.20. The van der Waals surface area contributed by atoms with Gasteiger partial charge in [0.2, 0.25) is 0 Å². The summed E-state index contributed by atoms with van der Waals surface area (Å²) in [6.07, 6.45) is 1.82. The summed E-state index contributed by atoms with van der Waals surface area (Å²) in [5.41, 5.74) is 2.25. The Kier molecular flexibility index (Phi) is 8.71. The topological polar surface area (TPSA) is 49.3 Å². The average molecular weight is 376 g/mol. The van der Waals surface area contributed by atoms with Crippen LogP contribution in [0.5, 0.6) is 0 Å². The fraction of sp³-hybridized carbons (Fsp3) is 0.571. The summed E-state index contributed by atoms with van der Waals surface area (Å²) >= 11 is 0. The van der Waals surface area contributed by atoms with Gasteiger partial charge < -0.3 is 10.6 Å². The summed E-state index contributed by atoms with van der Waals surface area (Å²) < 4.78 is 0. The second-order valence-electron chi connectivity index (χ2n) is 4.87. The van der Waals surface area contributed by atoms with Crippen LogP contribution in [0.3, 0.4) is 0 Å². The van der Waals surface area contributed by atoms with Crippen LogP contribution in [0.15, 0.2) is 23.3 Å². The van der Waals surface area contributed by atoms with Crippen molar-refractivity contribution in [1.29, 1.82) is 0 Å². The van der Waals surface area contributed by atoms with Crippen molar-refractivity contribution in [2.45, 2.75) is 40.3 Å². The third kappa shape index (κ3) is 6.22. The zero-order chi connectivity index (χ0) is 13.5. The van der Waals surface area contributed by atoms with Crippen LogP contribution in [0.25, 0.3) is 0 Å². The Labute approximate surface area is 133 Å². The van der Waals surface area contributed by atoms with Gasteiger partial charge in [0.1, 0.15) is 0 Å². The highest BCUT2D eigenvalue weighted by atomic mass is 127. The first kappa shape index (κ1) is 18.1. The molecule has 0 bridgehead atoms. The van der Waals surface area contributed by atoms with Gasteiger partial charge in [0.15, 0.2) is 5.96 Å². The van der Waals surface area contributed by atoms with E-state index in [-0.39, 0.29) is 24.0 Å². The molecule has 108 valence electrons. The minimum absolute atomic E-state index is 0. The predicted octanol–water partition coefficient (Wildman–Crippen LogP) is 2.72. The summed E-state index contributed by atoms with van der Waals surface area (Å²) in [6, 6.07) is 4.41. The molecule has 0 saturated carbocycles. The number of aryl methyl sites for hydroxylation is 1. The normalized spacial score (nSPS) is 12.8. The van der Waals surface area contributed by atoms with Gasteiger partial charge in [0.05, 0.1) is 12.2 Å². The molecule has 1 rings (SSSR count). The minimum atomic E-state index is 0. The number of nitrogens with one attached hydrogen (secondary N) is 2. The van der Waals surface area contributed by atoms with E-state index < -0.39 is 0 Å². The number of halogens is 1. The fourth-order valence-electron chi connectivity index (χ4n) is 1.45. The first-order valence-corrected chi connectivity index (χ1v) is 6.42. The van der Waals surface area contributed by atoms with E-state index in [4.69, 9.17) is 0 Å². The van der Waals surface area contributed by atoms with Crippen LogP contribution in [0, 0.1) is 12.8 Å². The van der Waals surface area contributed by atoms with Gasteiger partial charge in [-0.2, -0.15) is 0 Å². The maximum atomic E-state index is 4.35. The van der Waals surface area contributed by atoms with Crippen molar-refractivity contribution >= 4 is 29.9 Å². The SMILES string of the molecule is CN=C(NCc1ncccc1C)NC(C)C(C)C.I. The highest BCUT2D eigenvalue weighted by Crippen LogP contribution is 2.03. The predicted molar refractivity (Wildman–Crippen MR) is 92.0 cm³/mol. The van der Waals surface area contributed by atoms with Crippen molar-refractivity contribution < 1.29 is 0 Å². The third-order valence-electron chi connectivity index (χ3n) is 3.13. The van der Waals surface area contributed by atoms with Gasteiger partial charge in [0.25, 0.3) is 0 Å². The van der Waals surface area contributed by atoms with Crippen molar-refractivity contribution in [2.24, 2.45) is 10.9 Å². The van der Waals surface area contributed by atoms with E-state index in [1.54, 1.807) is 7.05 Å². The molecule has 2 N–H and O–H groups in total. The monoisotopic (exact) mass is 376 g/mol. The Bertz CT molecular complexity index is 404. The first-order valence-electron chi connectivity index (χ1n) is 6.42. The van der Waals surface area contributed by atoms with E-state index in [1.807, 2.05) is 12.3 Å². The lowest BCUT2D eigenvalue weighted by molar-refractivity contribution is 0.480. The summed E-state index contributed by atoms with van der Waals surface area (Å²) in [4.78, 5) is 8.58. The smallest absolute Gasteiger partial charge is 0.191 e. The van der Waals surface area contributed by atoms with Gasteiger partial charge in [-0.3, -0.25) is 9.98 Å². The van der Waals surface area contributed by atoms with Gasteiger partial charge in [-0.05, 0) is 31.4 Å². The van der Waals surface area contributed by atoms with Crippen molar-refractivity contribution in [3.63, 3.8) is 0 Å². The van der Waals surface area contributed by atoms with E-state index in [0.717, 1.165) is 11.7 Å². The molecule has 0 aliphatic rings. The second-order valence-corrected chi connectivity index (χ2v) is 4.87. The molecule has 0 spiro atoms. The Balaban J connectivity index is 0.00000324. The molecule has 1 heterocycles. The van der Waals surface area contributed by atoms with Crippen LogP contribution >= 0.6 is 24.0 Å². The molecule has 0 aliphatic carbocycles. The van der Waals surface area contributed by atoms with Crippen molar-refractivity contribution in [1.82, 2.24) is 15.6 Å². The highest BCUT2D eigenvalue weighted by Gasteiger charge is 2.09. The third-order valence-corrected chi connectivity index (χ3v) is 3.13. The molecule has 0 amide bonds. The number of nitrogens with zero attached hydrogens (tertiary/aromatic N) is 2. The molecule has 19 heavy (non-hydrogen) atoms. The van der Waals surface area contributed by atoms with Gasteiger partial charge in [-0.25, -0.2) is 0 Å². The Morgan fingerprint density at radius 2 is 2.05 bits per heavy atom. The molecule has 1 unspecified atom stereocenters. The van der Waals surface area contributed by atoms with Gasteiger partial charge >= 0.3 is 0 Å². The molecular formula is C14H25IN4. The van der Waals surface area contributed by atoms with E-state index in [0.29, 0.717) is 18.5 Å². The maximum Gasteiger partial charge on any atom is 0.191 e. The molecule has 0 fully saturated rings.